The lowest BCUT2D eigenvalue weighted by Gasteiger charge is -2.13. The molecule has 28 heavy (non-hydrogen) atoms. The van der Waals surface area contributed by atoms with Crippen LogP contribution in [-0.2, 0) is 11.3 Å². The van der Waals surface area contributed by atoms with Crippen molar-refractivity contribution in [1.82, 2.24) is 5.32 Å². The van der Waals surface area contributed by atoms with E-state index in [9.17, 15) is 4.79 Å². The Bertz CT molecular complexity index is 764. The van der Waals surface area contributed by atoms with Crippen LogP contribution in [0.5, 0.6) is 11.5 Å². The van der Waals surface area contributed by atoms with Crippen molar-refractivity contribution in [3.63, 3.8) is 0 Å². The van der Waals surface area contributed by atoms with Gasteiger partial charge in [-0.3, -0.25) is 4.79 Å². The van der Waals surface area contributed by atoms with Gasteiger partial charge in [-0.15, -0.1) is 0 Å². The van der Waals surface area contributed by atoms with Gasteiger partial charge in [0.15, 0.2) is 11.5 Å². The van der Waals surface area contributed by atoms with Gasteiger partial charge in [0.2, 0.25) is 0 Å². The summed E-state index contributed by atoms with van der Waals surface area (Å²) in [6.07, 6.45) is 0.772. The first kappa shape index (κ1) is 22.1. The van der Waals surface area contributed by atoms with Crippen molar-refractivity contribution in [3.05, 3.63) is 58.6 Å². The molecule has 6 heteroatoms. The molecule has 0 aliphatic heterocycles. The maximum atomic E-state index is 12.3. The van der Waals surface area contributed by atoms with Crippen molar-refractivity contribution in [2.75, 3.05) is 26.9 Å². The molecule has 0 aliphatic carbocycles. The van der Waals surface area contributed by atoms with Crippen molar-refractivity contribution < 1.29 is 19.0 Å². The minimum Gasteiger partial charge on any atom is -0.493 e. The summed E-state index contributed by atoms with van der Waals surface area (Å²) >= 11 is 6.15. The Kier molecular flexibility index (Phi) is 9.11. The van der Waals surface area contributed by atoms with E-state index in [2.05, 4.69) is 19.2 Å². The Labute approximate surface area is 171 Å². The average molecular weight is 406 g/mol. The Morgan fingerprint density at radius 1 is 1.14 bits per heavy atom. The molecule has 0 aliphatic rings. The minimum atomic E-state index is -0.153. The molecular formula is C22H28ClNO4. The zero-order valence-electron chi connectivity index (χ0n) is 16.7. The summed E-state index contributed by atoms with van der Waals surface area (Å²) < 4.78 is 16.7. The lowest BCUT2D eigenvalue weighted by Crippen LogP contribution is -2.25. The van der Waals surface area contributed by atoms with E-state index in [0.29, 0.717) is 47.8 Å². The summed E-state index contributed by atoms with van der Waals surface area (Å²) in [5.74, 6) is 1.42. The zero-order chi connectivity index (χ0) is 20.4. The molecule has 5 nitrogen and oxygen atoms in total. The van der Waals surface area contributed by atoms with Crippen molar-refractivity contribution in [2.45, 2.75) is 26.9 Å². The third-order valence-electron chi connectivity index (χ3n) is 3.97. The molecule has 0 bridgehead atoms. The molecule has 0 fully saturated rings. The summed E-state index contributed by atoms with van der Waals surface area (Å²) in [4.78, 5) is 12.3. The van der Waals surface area contributed by atoms with Crippen LogP contribution < -0.4 is 14.8 Å². The topological polar surface area (TPSA) is 56.8 Å². The Balaban J connectivity index is 1.87. The SMILES string of the molecule is COc1cc(C(=O)NCCCOCC(C)C)ccc1OCc1ccccc1Cl. The maximum absolute atomic E-state index is 12.3. The molecule has 2 aromatic carbocycles. The highest BCUT2D eigenvalue weighted by molar-refractivity contribution is 6.31. The number of nitrogens with one attached hydrogen (secondary N) is 1. The molecule has 1 amide bonds. The van der Waals surface area contributed by atoms with Crippen LogP contribution >= 0.6 is 11.6 Å². The van der Waals surface area contributed by atoms with E-state index in [4.69, 9.17) is 25.8 Å². The van der Waals surface area contributed by atoms with Crippen LogP contribution in [0.2, 0.25) is 5.02 Å². The first-order valence-corrected chi connectivity index (χ1v) is 9.79. The number of carbonyl (C=O) groups is 1. The van der Waals surface area contributed by atoms with E-state index in [1.54, 1.807) is 25.3 Å². The monoisotopic (exact) mass is 405 g/mol. The van der Waals surface area contributed by atoms with Crippen LogP contribution in [0.15, 0.2) is 42.5 Å². The Hall–Kier alpha value is -2.24. The first-order valence-electron chi connectivity index (χ1n) is 9.41. The second-order valence-electron chi connectivity index (χ2n) is 6.82. The van der Waals surface area contributed by atoms with Crippen LogP contribution in [0.1, 0.15) is 36.2 Å². The van der Waals surface area contributed by atoms with Crippen LogP contribution in [0.25, 0.3) is 0 Å². The van der Waals surface area contributed by atoms with Gasteiger partial charge in [-0.2, -0.15) is 0 Å². The van der Waals surface area contributed by atoms with Crippen molar-refractivity contribution in [3.8, 4) is 11.5 Å². The predicted molar refractivity (Wildman–Crippen MR) is 111 cm³/mol. The van der Waals surface area contributed by atoms with Gasteiger partial charge in [-0.1, -0.05) is 43.6 Å². The van der Waals surface area contributed by atoms with Gasteiger partial charge in [0, 0.05) is 35.9 Å². The van der Waals surface area contributed by atoms with E-state index in [0.717, 1.165) is 18.6 Å². The number of ether oxygens (including phenoxy) is 3. The van der Waals surface area contributed by atoms with Crippen LogP contribution in [-0.4, -0.2) is 32.8 Å². The lowest BCUT2D eigenvalue weighted by atomic mass is 10.2. The van der Waals surface area contributed by atoms with Crippen molar-refractivity contribution in [2.24, 2.45) is 5.92 Å². The number of benzene rings is 2. The number of hydrogen-bond acceptors (Lipinski definition) is 4. The number of carbonyl (C=O) groups excluding carboxylic acids is 1. The van der Waals surface area contributed by atoms with E-state index in [1.807, 2.05) is 24.3 Å². The highest BCUT2D eigenvalue weighted by atomic mass is 35.5. The van der Waals surface area contributed by atoms with Gasteiger partial charge in [-0.25, -0.2) is 0 Å². The number of hydrogen-bond donors (Lipinski definition) is 1. The van der Waals surface area contributed by atoms with Gasteiger partial charge in [0.25, 0.3) is 5.91 Å². The molecule has 0 radical (unpaired) electrons. The lowest BCUT2D eigenvalue weighted by molar-refractivity contribution is 0.0924. The van der Waals surface area contributed by atoms with Crippen LogP contribution in [0, 0.1) is 5.92 Å². The summed E-state index contributed by atoms with van der Waals surface area (Å²) in [7, 11) is 1.55. The number of amides is 1. The number of rotatable bonds is 11. The van der Waals surface area contributed by atoms with E-state index in [-0.39, 0.29) is 5.91 Å². The fourth-order valence-corrected chi connectivity index (χ4v) is 2.69. The molecule has 0 atom stereocenters. The van der Waals surface area contributed by atoms with E-state index < -0.39 is 0 Å². The largest absolute Gasteiger partial charge is 0.493 e. The minimum absolute atomic E-state index is 0.153. The normalized spacial score (nSPS) is 10.8. The molecule has 0 saturated carbocycles. The highest BCUT2D eigenvalue weighted by Gasteiger charge is 2.12. The summed E-state index contributed by atoms with van der Waals surface area (Å²) in [6, 6.07) is 12.6. The van der Waals surface area contributed by atoms with Gasteiger partial charge in [-0.05, 0) is 36.6 Å². The van der Waals surface area contributed by atoms with Gasteiger partial charge in [0.1, 0.15) is 6.61 Å². The van der Waals surface area contributed by atoms with E-state index >= 15 is 0 Å². The number of halogens is 1. The van der Waals surface area contributed by atoms with Gasteiger partial charge in [0.05, 0.1) is 7.11 Å². The summed E-state index contributed by atoms with van der Waals surface area (Å²) in [6.45, 7) is 6.47. The quantitative estimate of drug-likeness (QED) is 0.549. The van der Waals surface area contributed by atoms with Crippen LogP contribution in [0.4, 0.5) is 0 Å². The fourth-order valence-electron chi connectivity index (χ4n) is 2.50. The summed E-state index contributed by atoms with van der Waals surface area (Å²) in [5.41, 5.74) is 1.40. The fraction of sp³-hybridized carbons (Fsp3) is 0.409. The molecule has 2 rings (SSSR count). The van der Waals surface area contributed by atoms with Crippen molar-refractivity contribution >= 4 is 17.5 Å². The third-order valence-corrected chi connectivity index (χ3v) is 4.34. The molecule has 0 heterocycles. The standard InChI is InChI=1S/C22H28ClNO4/c1-16(2)14-27-12-6-11-24-22(25)17-9-10-20(21(13-17)26-3)28-15-18-7-4-5-8-19(18)23/h4-5,7-10,13,16H,6,11-12,14-15H2,1-3H3,(H,24,25). The second-order valence-corrected chi connectivity index (χ2v) is 7.23. The molecule has 0 saturated heterocycles. The molecule has 0 spiro atoms. The van der Waals surface area contributed by atoms with E-state index in [1.165, 1.54) is 0 Å². The van der Waals surface area contributed by atoms with Crippen molar-refractivity contribution in [1.29, 1.82) is 0 Å². The highest BCUT2D eigenvalue weighted by Crippen LogP contribution is 2.29. The zero-order valence-corrected chi connectivity index (χ0v) is 17.4. The predicted octanol–water partition coefficient (Wildman–Crippen LogP) is 4.72. The first-order chi connectivity index (χ1) is 13.5. The third kappa shape index (κ3) is 7.06. The molecule has 1 N–H and O–H groups in total. The number of methoxy groups -OCH3 is 1. The summed E-state index contributed by atoms with van der Waals surface area (Å²) in [5, 5.41) is 3.54. The smallest absolute Gasteiger partial charge is 0.251 e. The maximum Gasteiger partial charge on any atom is 0.251 e. The van der Waals surface area contributed by atoms with Gasteiger partial charge < -0.3 is 19.5 Å². The van der Waals surface area contributed by atoms with Gasteiger partial charge >= 0.3 is 0 Å². The molecule has 2 aromatic rings. The second kappa shape index (κ2) is 11.6. The Morgan fingerprint density at radius 2 is 1.93 bits per heavy atom. The molecule has 0 unspecified atom stereocenters. The molecule has 152 valence electrons. The van der Waals surface area contributed by atoms with Crippen LogP contribution in [0.3, 0.4) is 0 Å². The average Bonchev–Trinajstić information content (AvgIpc) is 2.69. The Morgan fingerprint density at radius 3 is 2.64 bits per heavy atom. The molecular weight excluding hydrogens is 378 g/mol. The molecule has 0 aromatic heterocycles.